The van der Waals surface area contributed by atoms with Crippen molar-refractivity contribution in [3.63, 3.8) is 0 Å². The SMILES string of the molecule is CCCCOc1ccccc1/C=N/Nc1nc(=O)[nH]nc1C. The van der Waals surface area contributed by atoms with Crippen molar-refractivity contribution in [1.29, 1.82) is 0 Å². The van der Waals surface area contributed by atoms with Crippen LogP contribution in [0.1, 0.15) is 31.0 Å². The normalized spacial score (nSPS) is 10.8. The number of aryl methyl sites for hydroxylation is 1. The molecular weight excluding hydrogens is 282 g/mol. The summed E-state index contributed by atoms with van der Waals surface area (Å²) >= 11 is 0. The molecule has 0 amide bonds. The molecule has 7 nitrogen and oxygen atoms in total. The van der Waals surface area contributed by atoms with Gasteiger partial charge in [0.1, 0.15) is 11.4 Å². The Labute approximate surface area is 128 Å². The second-order valence-corrected chi connectivity index (χ2v) is 4.68. The molecule has 0 spiro atoms. The van der Waals surface area contributed by atoms with Crippen LogP contribution in [-0.4, -0.2) is 28.0 Å². The molecule has 0 bridgehead atoms. The van der Waals surface area contributed by atoms with Crippen molar-refractivity contribution in [1.82, 2.24) is 15.2 Å². The number of para-hydroxylation sites is 1. The molecule has 2 aromatic rings. The number of hydrazone groups is 1. The average Bonchev–Trinajstić information content (AvgIpc) is 2.52. The summed E-state index contributed by atoms with van der Waals surface area (Å²) < 4.78 is 5.72. The fourth-order valence-corrected chi connectivity index (χ4v) is 1.71. The number of rotatable bonds is 7. The molecule has 0 aliphatic heterocycles. The van der Waals surface area contributed by atoms with Crippen LogP contribution in [0.25, 0.3) is 0 Å². The minimum Gasteiger partial charge on any atom is -0.493 e. The predicted octanol–water partition coefficient (Wildman–Crippen LogP) is 2.10. The number of aromatic amines is 1. The average molecular weight is 301 g/mol. The first-order chi connectivity index (χ1) is 10.7. The summed E-state index contributed by atoms with van der Waals surface area (Å²) in [6.07, 6.45) is 3.72. The molecule has 0 atom stereocenters. The van der Waals surface area contributed by atoms with Gasteiger partial charge in [-0.1, -0.05) is 25.5 Å². The van der Waals surface area contributed by atoms with Crippen LogP contribution in [0.2, 0.25) is 0 Å². The third-order valence-electron chi connectivity index (χ3n) is 2.92. The molecule has 1 heterocycles. The van der Waals surface area contributed by atoms with Gasteiger partial charge in [0, 0.05) is 5.56 Å². The Hall–Kier alpha value is -2.70. The summed E-state index contributed by atoms with van der Waals surface area (Å²) in [4.78, 5) is 14.9. The maximum atomic E-state index is 11.1. The number of nitrogens with zero attached hydrogens (tertiary/aromatic N) is 3. The molecule has 0 saturated carbocycles. The standard InChI is InChI=1S/C15H19N5O2/c1-3-4-9-22-13-8-6-5-7-12(13)10-16-19-14-11(2)18-20-15(21)17-14/h5-8,10H,3-4,9H2,1-2H3,(H2,17,19,20,21)/b16-10+. The van der Waals surface area contributed by atoms with Gasteiger partial charge in [-0.2, -0.15) is 15.2 Å². The van der Waals surface area contributed by atoms with Gasteiger partial charge in [-0.25, -0.2) is 9.89 Å². The van der Waals surface area contributed by atoms with E-state index in [1.807, 2.05) is 24.3 Å². The fourth-order valence-electron chi connectivity index (χ4n) is 1.71. The van der Waals surface area contributed by atoms with E-state index in [0.717, 1.165) is 24.2 Å². The number of anilines is 1. The number of hydrogen-bond donors (Lipinski definition) is 2. The molecule has 7 heteroatoms. The van der Waals surface area contributed by atoms with Crippen LogP contribution in [0.3, 0.4) is 0 Å². The van der Waals surface area contributed by atoms with Crippen molar-refractivity contribution < 1.29 is 4.74 Å². The van der Waals surface area contributed by atoms with E-state index in [9.17, 15) is 4.79 Å². The van der Waals surface area contributed by atoms with Crippen LogP contribution < -0.4 is 15.9 Å². The maximum absolute atomic E-state index is 11.1. The van der Waals surface area contributed by atoms with Crippen LogP contribution in [0.4, 0.5) is 5.82 Å². The topological polar surface area (TPSA) is 92.3 Å². The van der Waals surface area contributed by atoms with E-state index in [0.29, 0.717) is 18.1 Å². The zero-order chi connectivity index (χ0) is 15.8. The zero-order valence-corrected chi connectivity index (χ0v) is 12.7. The first-order valence-electron chi connectivity index (χ1n) is 7.15. The third kappa shape index (κ3) is 4.41. The molecule has 0 fully saturated rings. The molecule has 116 valence electrons. The van der Waals surface area contributed by atoms with E-state index < -0.39 is 5.69 Å². The maximum Gasteiger partial charge on any atom is 0.363 e. The summed E-state index contributed by atoms with van der Waals surface area (Å²) in [6.45, 7) is 4.52. The zero-order valence-electron chi connectivity index (χ0n) is 12.7. The third-order valence-corrected chi connectivity index (χ3v) is 2.92. The predicted molar refractivity (Wildman–Crippen MR) is 85.5 cm³/mol. The van der Waals surface area contributed by atoms with Crippen LogP contribution in [0.15, 0.2) is 34.2 Å². The smallest absolute Gasteiger partial charge is 0.363 e. The Kier molecular flexibility index (Phi) is 5.65. The second kappa shape index (κ2) is 7.92. The van der Waals surface area contributed by atoms with Crippen molar-refractivity contribution in [3.8, 4) is 5.75 Å². The molecule has 0 unspecified atom stereocenters. The van der Waals surface area contributed by atoms with Gasteiger partial charge in [-0.15, -0.1) is 0 Å². The molecule has 0 saturated heterocycles. The van der Waals surface area contributed by atoms with Crippen LogP contribution >= 0.6 is 0 Å². The number of nitrogens with one attached hydrogen (secondary N) is 2. The first kappa shape index (κ1) is 15.7. The second-order valence-electron chi connectivity index (χ2n) is 4.68. The van der Waals surface area contributed by atoms with Gasteiger partial charge in [-0.05, 0) is 25.5 Å². The molecule has 0 aliphatic rings. The van der Waals surface area contributed by atoms with E-state index >= 15 is 0 Å². The Morgan fingerprint density at radius 1 is 1.41 bits per heavy atom. The van der Waals surface area contributed by atoms with Gasteiger partial charge in [0.15, 0.2) is 5.82 Å². The summed E-state index contributed by atoms with van der Waals surface area (Å²) in [7, 11) is 0. The summed E-state index contributed by atoms with van der Waals surface area (Å²) in [5.41, 5.74) is 3.60. The molecule has 1 aromatic heterocycles. The fraction of sp³-hybridized carbons (Fsp3) is 0.333. The minimum atomic E-state index is -0.522. The van der Waals surface area contributed by atoms with Crippen molar-refractivity contribution in [2.45, 2.75) is 26.7 Å². The summed E-state index contributed by atoms with van der Waals surface area (Å²) in [5, 5.41) is 10.2. The lowest BCUT2D eigenvalue weighted by Gasteiger charge is -2.08. The molecule has 0 aliphatic carbocycles. The van der Waals surface area contributed by atoms with Gasteiger partial charge in [0.05, 0.1) is 12.8 Å². The minimum absolute atomic E-state index is 0.324. The number of hydrogen-bond acceptors (Lipinski definition) is 6. The Bertz CT molecular complexity index is 696. The van der Waals surface area contributed by atoms with E-state index in [1.165, 1.54) is 0 Å². The highest BCUT2D eigenvalue weighted by Gasteiger charge is 2.02. The Balaban J connectivity index is 2.06. The molecule has 1 aromatic carbocycles. The largest absolute Gasteiger partial charge is 0.493 e. The highest BCUT2D eigenvalue weighted by Crippen LogP contribution is 2.16. The van der Waals surface area contributed by atoms with E-state index in [-0.39, 0.29) is 0 Å². The van der Waals surface area contributed by atoms with Crippen LogP contribution in [0.5, 0.6) is 5.75 Å². The number of H-pyrrole nitrogens is 1. The van der Waals surface area contributed by atoms with Gasteiger partial charge in [0.25, 0.3) is 0 Å². The van der Waals surface area contributed by atoms with Gasteiger partial charge >= 0.3 is 5.69 Å². The lowest BCUT2D eigenvalue weighted by atomic mass is 10.2. The molecule has 0 radical (unpaired) electrons. The van der Waals surface area contributed by atoms with Crippen molar-refractivity contribution in [2.75, 3.05) is 12.0 Å². The van der Waals surface area contributed by atoms with E-state index in [2.05, 4.69) is 32.6 Å². The van der Waals surface area contributed by atoms with Gasteiger partial charge in [-0.3, -0.25) is 5.43 Å². The highest BCUT2D eigenvalue weighted by atomic mass is 16.5. The first-order valence-corrected chi connectivity index (χ1v) is 7.15. The van der Waals surface area contributed by atoms with Crippen LogP contribution in [0, 0.1) is 6.92 Å². The van der Waals surface area contributed by atoms with Crippen molar-refractivity contribution in [2.24, 2.45) is 5.10 Å². The van der Waals surface area contributed by atoms with Gasteiger partial charge < -0.3 is 4.74 Å². The quantitative estimate of drug-likeness (QED) is 0.464. The lowest BCUT2D eigenvalue weighted by Crippen LogP contribution is -2.15. The highest BCUT2D eigenvalue weighted by molar-refractivity contribution is 5.83. The number of unbranched alkanes of at least 4 members (excludes halogenated alkanes) is 1. The number of aromatic nitrogens is 3. The van der Waals surface area contributed by atoms with E-state index in [1.54, 1.807) is 13.1 Å². The van der Waals surface area contributed by atoms with E-state index in [4.69, 9.17) is 4.74 Å². The van der Waals surface area contributed by atoms with Gasteiger partial charge in [0.2, 0.25) is 0 Å². The summed E-state index contributed by atoms with van der Waals surface area (Å²) in [6, 6.07) is 7.63. The van der Waals surface area contributed by atoms with Crippen LogP contribution in [-0.2, 0) is 0 Å². The van der Waals surface area contributed by atoms with Crippen molar-refractivity contribution in [3.05, 3.63) is 46.0 Å². The van der Waals surface area contributed by atoms with Crippen molar-refractivity contribution >= 4 is 12.0 Å². The summed E-state index contributed by atoms with van der Waals surface area (Å²) in [5.74, 6) is 1.10. The molecule has 22 heavy (non-hydrogen) atoms. The lowest BCUT2D eigenvalue weighted by molar-refractivity contribution is 0.309. The molecule has 2 rings (SSSR count). The Morgan fingerprint density at radius 2 is 2.23 bits per heavy atom. The number of benzene rings is 1. The Morgan fingerprint density at radius 3 is 3.05 bits per heavy atom. The number of ether oxygens (including phenoxy) is 1. The molecular formula is C15H19N5O2. The monoisotopic (exact) mass is 301 g/mol. The molecule has 2 N–H and O–H groups in total.